The molecule has 0 fully saturated rings. The van der Waals surface area contributed by atoms with E-state index in [0.29, 0.717) is 11.4 Å². The smallest absolute Gasteiger partial charge is 0.378 e. The number of benzene rings is 3. The van der Waals surface area contributed by atoms with Crippen molar-refractivity contribution in [1.82, 2.24) is 14.8 Å². The Balaban J connectivity index is 1.61. The van der Waals surface area contributed by atoms with E-state index >= 15 is 0 Å². The number of carbonyl (C=O) groups is 2. The SMILES string of the molecule is Cc1ccc(-n2nc(C(=O)OCC(=O)c3ccc(Br)cc3)nc2-c2cccc(C)c2)cc1. The van der Waals surface area contributed by atoms with E-state index in [1.807, 2.05) is 62.4 Å². The number of Topliss-reactive ketones (excluding diaryl/α,β-unsaturated/α-hetero) is 1. The van der Waals surface area contributed by atoms with Gasteiger partial charge in [0, 0.05) is 15.6 Å². The van der Waals surface area contributed by atoms with Crippen molar-refractivity contribution in [2.24, 2.45) is 0 Å². The van der Waals surface area contributed by atoms with Crippen LogP contribution in [0.15, 0.2) is 77.3 Å². The fraction of sp³-hybridized carbons (Fsp3) is 0.120. The number of hydrogen-bond donors (Lipinski definition) is 0. The first-order valence-corrected chi connectivity index (χ1v) is 10.8. The van der Waals surface area contributed by atoms with E-state index < -0.39 is 5.97 Å². The molecule has 0 saturated carbocycles. The molecule has 0 bridgehead atoms. The first kappa shape index (κ1) is 21.6. The monoisotopic (exact) mass is 489 g/mol. The average Bonchev–Trinajstić information content (AvgIpc) is 3.24. The molecule has 0 amide bonds. The number of rotatable bonds is 6. The summed E-state index contributed by atoms with van der Waals surface area (Å²) < 4.78 is 7.69. The molecule has 0 aliphatic carbocycles. The highest BCUT2D eigenvalue weighted by Crippen LogP contribution is 2.23. The molecule has 0 radical (unpaired) electrons. The zero-order valence-corrected chi connectivity index (χ0v) is 19.2. The maximum atomic E-state index is 12.7. The van der Waals surface area contributed by atoms with E-state index in [1.165, 1.54) is 0 Å². The third-order valence-corrected chi connectivity index (χ3v) is 5.37. The molecule has 32 heavy (non-hydrogen) atoms. The minimum absolute atomic E-state index is 0.106. The molecule has 0 saturated heterocycles. The van der Waals surface area contributed by atoms with E-state index in [1.54, 1.807) is 28.9 Å². The van der Waals surface area contributed by atoms with Crippen LogP contribution in [0.1, 0.15) is 32.1 Å². The molecule has 4 aromatic rings. The number of hydrogen-bond acceptors (Lipinski definition) is 5. The number of halogens is 1. The summed E-state index contributed by atoms with van der Waals surface area (Å²) in [6, 6.07) is 22.4. The summed E-state index contributed by atoms with van der Waals surface area (Å²) in [5, 5.41) is 4.39. The molecule has 7 heteroatoms. The van der Waals surface area contributed by atoms with Crippen LogP contribution in [-0.4, -0.2) is 33.1 Å². The first-order valence-electron chi connectivity index (χ1n) is 9.98. The number of aryl methyl sites for hydroxylation is 2. The summed E-state index contributed by atoms with van der Waals surface area (Å²) >= 11 is 3.33. The van der Waals surface area contributed by atoms with Crippen LogP contribution in [0.3, 0.4) is 0 Å². The molecule has 0 unspecified atom stereocenters. The molecular weight excluding hydrogens is 470 g/mol. The van der Waals surface area contributed by atoms with Crippen LogP contribution in [0.25, 0.3) is 17.1 Å². The zero-order valence-electron chi connectivity index (χ0n) is 17.6. The molecule has 1 heterocycles. The van der Waals surface area contributed by atoms with Gasteiger partial charge in [0.2, 0.25) is 0 Å². The summed E-state index contributed by atoms with van der Waals surface area (Å²) in [6.45, 7) is 3.59. The van der Waals surface area contributed by atoms with Gasteiger partial charge in [-0.1, -0.05) is 69.5 Å². The van der Waals surface area contributed by atoms with E-state index in [4.69, 9.17) is 4.74 Å². The van der Waals surface area contributed by atoms with Gasteiger partial charge in [0.25, 0.3) is 5.82 Å². The molecule has 4 rings (SSSR count). The van der Waals surface area contributed by atoms with Crippen LogP contribution in [0.4, 0.5) is 0 Å². The van der Waals surface area contributed by atoms with Crippen LogP contribution in [0.5, 0.6) is 0 Å². The van der Waals surface area contributed by atoms with Gasteiger partial charge < -0.3 is 4.74 Å². The molecule has 6 nitrogen and oxygen atoms in total. The Hall–Kier alpha value is -3.58. The topological polar surface area (TPSA) is 74.1 Å². The van der Waals surface area contributed by atoms with Crippen molar-refractivity contribution in [2.75, 3.05) is 6.61 Å². The van der Waals surface area contributed by atoms with Gasteiger partial charge in [-0.15, -0.1) is 5.10 Å². The number of nitrogens with zero attached hydrogens (tertiary/aromatic N) is 3. The number of esters is 1. The minimum Gasteiger partial charge on any atom is -0.451 e. The Morgan fingerprint density at radius 2 is 1.66 bits per heavy atom. The Morgan fingerprint density at radius 1 is 0.938 bits per heavy atom. The van der Waals surface area contributed by atoms with Crippen molar-refractivity contribution in [3.8, 4) is 17.1 Å². The second kappa shape index (κ2) is 9.28. The van der Waals surface area contributed by atoms with E-state index in [9.17, 15) is 9.59 Å². The summed E-state index contributed by atoms with van der Waals surface area (Å²) in [4.78, 5) is 29.4. The van der Waals surface area contributed by atoms with Gasteiger partial charge in [0.05, 0.1) is 5.69 Å². The Morgan fingerprint density at radius 3 is 2.34 bits per heavy atom. The zero-order chi connectivity index (χ0) is 22.7. The van der Waals surface area contributed by atoms with Crippen molar-refractivity contribution >= 4 is 27.7 Å². The lowest BCUT2D eigenvalue weighted by Crippen LogP contribution is -2.15. The predicted molar refractivity (Wildman–Crippen MR) is 125 cm³/mol. The van der Waals surface area contributed by atoms with Crippen LogP contribution < -0.4 is 0 Å². The fourth-order valence-corrected chi connectivity index (χ4v) is 3.41. The lowest BCUT2D eigenvalue weighted by Gasteiger charge is -2.07. The number of carbonyl (C=O) groups excluding carboxylic acids is 2. The van der Waals surface area contributed by atoms with Crippen molar-refractivity contribution in [3.05, 3.63) is 99.8 Å². The molecule has 0 N–H and O–H groups in total. The number of aromatic nitrogens is 3. The van der Waals surface area contributed by atoms with Gasteiger partial charge in [0.1, 0.15) is 0 Å². The molecule has 0 aliphatic heterocycles. The molecule has 0 spiro atoms. The summed E-state index contributed by atoms with van der Waals surface area (Å²) in [5.74, 6) is -0.646. The Labute approximate surface area is 194 Å². The largest absolute Gasteiger partial charge is 0.451 e. The second-order valence-electron chi connectivity index (χ2n) is 7.38. The minimum atomic E-state index is -0.754. The normalized spacial score (nSPS) is 10.7. The molecule has 1 aromatic heterocycles. The second-order valence-corrected chi connectivity index (χ2v) is 8.30. The van der Waals surface area contributed by atoms with Crippen molar-refractivity contribution in [3.63, 3.8) is 0 Å². The highest BCUT2D eigenvalue weighted by Gasteiger charge is 2.21. The van der Waals surface area contributed by atoms with E-state index in [-0.39, 0.29) is 18.2 Å². The Kier molecular flexibility index (Phi) is 6.28. The number of ketones is 1. The van der Waals surface area contributed by atoms with Gasteiger partial charge in [0.15, 0.2) is 18.2 Å². The summed E-state index contributed by atoms with van der Waals surface area (Å²) in [7, 11) is 0. The van der Waals surface area contributed by atoms with Gasteiger partial charge in [-0.3, -0.25) is 4.79 Å². The van der Waals surface area contributed by atoms with Gasteiger partial charge in [-0.25, -0.2) is 14.5 Å². The molecular formula is C25H20BrN3O3. The van der Waals surface area contributed by atoms with Gasteiger partial charge in [-0.2, -0.15) is 0 Å². The van der Waals surface area contributed by atoms with Gasteiger partial charge in [-0.05, 0) is 44.2 Å². The van der Waals surface area contributed by atoms with Crippen LogP contribution >= 0.6 is 15.9 Å². The van der Waals surface area contributed by atoms with Crippen LogP contribution in [0, 0.1) is 13.8 Å². The third kappa shape index (κ3) is 4.84. The molecule has 0 atom stereocenters. The summed E-state index contributed by atoms with van der Waals surface area (Å²) in [6.07, 6.45) is 0. The van der Waals surface area contributed by atoms with Crippen molar-refractivity contribution in [1.29, 1.82) is 0 Å². The van der Waals surface area contributed by atoms with Crippen LogP contribution in [0.2, 0.25) is 0 Å². The van der Waals surface area contributed by atoms with Crippen molar-refractivity contribution in [2.45, 2.75) is 13.8 Å². The molecule has 0 aliphatic rings. The standard InChI is InChI=1S/C25H20BrN3O3/c1-16-6-12-21(13-7-16)29-24(19-5-3-4-17(2)14-19)27-23(28-29)25(31)32-15-22(30)18-8-10-20(26)11-9-18/h3-14H,15H2,1-2H3. The van der Waals surface area contributed by atoms with E-state index in [0.717, 1.165) is 26.9 Å². The average molecular weight is 490 g/mol. The lowest BCUT2D eigenvalue weighted by molar-refractivity contribution is 0.0462. The van der Waals surface area contributed by atoms with Gasteiger partial charge >= 0.3 is 5.97 Å². The Bertz CT molecular complexity index is 1280. The highest BCUT2D eigenvalue weighted by molar-refractivity contribution is 9.10. The summed E-state index contributed by atoms with van der Waals surface area (Å²) in [5.41, 5.74) is 4.22. The molecule has 3 aromatic carbocycles. The van der Waals surface area contributed by atoms with Crippen molar-refractivity contribution < 1.29 is 14.3 Å². The predicted octanol–water partition coefficient (Wildman–Crippen LogP) is 5.35. The quantitative estimate of drug-likeness (QED) is 0.269. The molecule has 160 valence electrons. The highest BCUT2D eigenvalue weighted by atomic mass is 79.9. The maximum absolute atomic E-state index is 12.7. The number of ether oxygens (including phenoxy) is 1. The van der Waals surface area contributed by atoms with Crippen LogP contribution in [-0.2, 0) is 4.74 Å². The first-order chi connectivity index (χ1) is 15.4. The van der Waals surface area contributed by atoms with E-state index in [2.05, 4.69) is 26.0 Å². The maximum Gasteiger partial charge on any atom is 0.378 e. The third-order valence-electron chi connectivity index (χ3n) is 4.85. The fourth-order valence-electron chi connectivity index (χ4n) is 3.15. The lowest BCUT2D eigenvalue weighted by atomic mass is 10.1.